The fourth-order valence-corrected chi connectivity index (χ4v) is 2.60. The Morgan fingerprint density at radius 2 is 2.33 bits per heavy atom. The Labute approximate surface area is 78.7 Å². The van der Waals surface area contributed by atoms with E-state index >= 15 is 0 Å². The summed E-state index contributed by atoms with van der Waals surface area (Å²) in [6.07, 6.45) is 0. The quantitative estimate of drug-likeness (QED) is 0.721. The molecule has 0 aromatic carbocycles. The molecule has 1 aromatic rings. The molecule has 50 valence electrons. The largest absolute Gasteiger partial charge is 0.233 e. The lowest BCUT2D eigenvalue weighted by Gasteiger charge is -1.93. The summed E-state index contributed by atoms with van der Waals surface area (Å²) >= 11 is 13.8. The molecule has 1 rings (SSSR count). The van der Waals surface area contributed by atoms with Gasteiger partial charge in [0.15, 0.2) is 0 Å². The van der Waals surface area contributed by atoms with Crippen LogP contribution in [0.1, 0.15) is 8.61 Å². The molecule has 1 aromatic heterocycles. The summed E-state index contributed by atoms with van der Waals surface area (Å²) in [4.78, 5) is 4.87. The lowest BCUT2D eigenvalue weighted by Crippen LogP contribution is -1.72. The molecule has 0 aliphatic rings. The molecule has 0 radical (unpaired) electrons. The minimum atomic E-state index is 0.130. The van der Waals surface area contributed by atoms with Crippen LogP contribution in [0.25, 0.3) is 0 Å². The van der Waals surface area contributed by atoms with Gasteiger partial charge < -0.3 is 0 Å². The van der Waals surface area contributed by atoms with Gasteiger partial charge in [-0.2, -0.15) is 0 Å². The molecule has 5 heteroatoms. The molecule has 0 amide bonds. The van der Waals surface area contributed by atoms with Crippen molar-refractivity contribution in [1.82, 2.24) is 4.98 Å². The molecule has 0 saturated heterocycles. The van der Waals surface area contributed by atoms with E-state index in [4.69, 9.17) is 11.6 Å². The molecule has 0 N–H and O–H groups in total. The van der Waals surface area contributed by atoms with Crippen LogP contribution in [0.2, 0.25) is 5.15 Å². The van der Waals surface area contributed by atoms with Crippen LogP contribution in [-0.2, 0) is 0 Å². The van der Waals surface area contributed by atoms with Crippen molar-refractivity contribution >= 4 is 54.8 Å². The van der Waals surface area contributed by atoms with Crippen LogP contribution in [0.4, 0.5) is 0 Å². The zero-order chi connectivity index (χ0) is 6.85. The second-order valence-corrected chi connectivity index (χ2v) is 5.61. The van der Waals surface area contributed by atoms with Crippen LogP contribution in [0.3, 0.4) is 0 Å². The summed E-state index contributed by atoms with van der Waals surface area (Å²) in [5.74, 6) is 0. The molecular formula is C4H2Br2ClNS. The molecule has 0 aliphatic carbocycles. The number of halogens is 3. The Bertz CT molecular complexity index is 200. The maximum absolute atomic E-state index is 5.67. The molecule has 1 nitrogen and oxygen atoms in total. The van der Waals surface area contributed by atoms with E-state index in [9.17, 15) is 0 Å². The van der Waals surface area contributed by atoms with Gasteiger partial charge in [-0.05, 0) is 0 Å². The number of hydrogen-bond donors (Lipinski definition) is 0. The van der Waals surface area contributed by atoms with Crippen molar-refractivity contribution < 1.29 is 0 Å². The second kappa shape index (κ2) is 3.32. The molecule has 9 heavy (non-hydrogen) atoms. The standard InChI is InChI=1S/C4H2Br2ClNS/c5-3(6)2-4(7)8-1-9-2/h1,3H. The SMILES string of the molecule is Clc1ncsc1C(Br)Br. The normalized spacial score (nSPS) is 10.7. The molecule has 1 heterocycles. The van der Waals surface area contributed by atoms with Gasteiger partial charge in [0.1, 0.15) is 8.89 Å². The van der Waals surface area contributed by atoms with E-state index in [1.165, 1.54) is 11.3 Å². The average molecular weight is 291 g/mol. The van der Waals surface area contributed by atoms with Crippen molar-refractivity contribution in [2.24, 2.45) is 0 Å². The number of aromatic nitrogens is 1. The third-order valence-corrected chi connectivity index (χ3v) is 3.58. The first-order valence-electron chi connectivity index (χ1n) is 2.09. The van der Waals surface area contributed by atoms with Gasteiger partial charge in [-0.15, -0.1) is 11.3 Å². The van der Waals surface area contributed by atoms with E-state index in [0.29, 0.717) is 5.15 Å². The molecule has 0 bridgehead atoms. The second-order valence-electron chi connectivity index (χ2n) is 1.31. The zero-order valence-electron chi connectivity index (χ0n) is 4.14. The van der Waals surface area contributed by atoms with Gasteiger partial charge in [-0.25, -0.2) is 4.98 Å². The van der Waals surface area contributed by atoms with Crippen LogP contribution < -0.4 is 0 Å². The van der Waals surface area contributed by atoms with Gasteiger partial charge in [-0.1, -0.05) is 43.5 Å². The highest BCUT2D eigenvalue weighted by Gasteiger charge is 2.09. The summed E-state index contributed by atoms with van der Waals surface area (Å²) in [7, 11) is 0. The van der Waals surface area contributed by atoms with Crippen LogP contribution in [0.15, 0.2) is 5.51 Å². The summed E-state index contributed by atoms with van der Waals surface area (Å²) in [5, 5.41) is 0.568. The van der Waals surface area contributed by atoms with Gasteiger partial charge in [0.2, 0.25) is 0 Å². The lowest BCUT2D eigenvalue weighted by atomic mass is 10.6. The van der Waals surface area contributed by atoms with Crippen molar-refractivity contribution in [3.05, 3.63) is 15.5 Å². The van der Waals surface area contributed by atoms with E-state index in [-0.39, 0.29) is 3.74 Å². The monoisotopic (exact) mass is 289 g/mol. The molecule has 0 fully saturated rings. The number of hydrogen-bond acceptors (Lipinski definition) is 2. The summed E-state index contributed by atoms with van der Waals surface area (Å²) < 4.78 is 0.130. The Kier molecular flexibility index (Phi) is 2.95. The van der Waals surface area contributed by atoms with Crippen molar-refractivity contribution in [1.29, 1.82) is 0 Å². The van der Waals surface area contributed by atoms with Crippen LogP contribution >= 0.6 is 54.8 Å². The van der Waals surface area contributed by atoms with Gasteiger partial charge in [0, 0.05) is 0 Å². The first-order valence-corrected chi connectivity index (χ1v) is 5.17. The summed E-state index contributed by atoms with van der Waals surface area (Å²) in [5.41, 5.74) is 1.72. The molecule has 0 unspecified atom stereocenters. The van der Waals surface area contributed by atoms with Crippen LogP contribution in [0.5, 0.6) is 0 Å². The maximum Gasteiger partial charge on any atom is 0.145 e. The van der Waals surface area contributed by atoms with Gasteiger partial charge >= 0.3 is 0 Å². The van der Waals surface area contributed by atoms with E-state index in [2.05, 4.69) is 36.8 Å². The minimum Gasteiger partial charge on any atom is -0.233 e. The molecule has 0 aliphatic heterocycles. The number of rotatable bonds is 1. The smallest absolute Gasteiger partial charge is 0.145 e. The van der Waals surface area contributed by atoms with Gasteiger partial charge in [0.25, 0.3) is 0 Å². The highest BCUT2D eigenvalue weighted by molar-refractivity contribution is 9.24. The van der Waals surface area contributed by atoms with Crippen molar-refractivity contribution in [3.63, 3.8) is 0 Å². The van der Waals surface area contributed by atoms with Crippen molar-refractivity contribution in [3.8, 4) is 0 Å². The number of nitrogens with zero attached hydrogens (tertiary/aromatic N) is 1. The van der Waals surface area contributed by atoms with E-state index in [0.717, 1.165) is 4.88 Å². The van der Waals surface area contributed by atoms with Gasteiger partial charge in [0.05, 0.1) is 10.4 Å². The van der Waals surface area contributed by atoms with Crippen LogP contribution in [0, 0.1) is 0 Å². The third-order valence-electron chi connectivity index (χ3n) is 0.747. The number of thiazole rings is 1. The summed E-state index contributed by atoms with van der Waals surface area (Å²) in [6.45, 7) is 0. The lowest BCUT2D eigenvalue weighted by molar-refractivity contribution is 1.37. The molecule has 0 spiro atoms. The van der Waals surface area contributed by atoms with Crippen LogP contribution in [-0.4, -0.2) is 4.98 Å². The molecule has 0 atom stereocenters. The Morgan fingerprint density at radius 3 is 2.56 bits per heavy atom. The Hall–Kier alpha value is 0.880. The fraction of sp³-hybridized carbons (Fsp3) is 0.250. The Morgan fingerprint density at radius 1 is 1.67 bits per heavy atom. The van der Waals surface area contributed by atoms with Crippen molar-refractivity contribution in [2.45, 2.75) is 3.74 Å². The maximum atomic E-state index is 5.67. The average Bonchev–Trinajstić information content (AvgIpc) is 2.13. The van der Waals surface area contributed by atoms with Gasteiger partial charge in [-0.3, -0.25) is 0 Å². The fourth-order valence-electron chi connectivity index (χ4n) is 0.383. The number of alkyl halides is 2. The molecular weight excluding hydrogens is 289 g/mol. The predicted molar refractivity (Wildman–Crippen MR) is 47.7 cm³/mol. The zero-order valence-corrected chi connectivity index (χ0v) is 8.89. The Balaban J connectivity index is 2.94. The highest BCUT2D eigenvalue weighted by atomic mass is 79.9. The first kappa shape index (κ1) is 7.98. The first-order chi connectivity index (χ1) is 4.22. The van der Waals surface area contributed by atoms with E-state index in [1.807, 2.05) is 0 Å². The topological polar surface area (TPSA) is 12.9 Å². The summed E-state index contributed by atoms with van der Waals surface area (Å²) in [6, 6.07) is 0. The minimum absolute atomic E-state index is 0.130. The third kappa shape index (κ3) is 1.90. The van der Waals surface area contributed by atoms with E-state index in [1.54, 1.807) is 5.51 Å². The highest BCUT2D eigenvalue weighted by Crippen LogP contribution is 2.36. The molecule has 0 saturated carbocycles. The van der Waals surface area contributed by atoms with E-state index < -0.39 is 0 Å². The van der Waals surface area contributed by atoms with Crippen molar-refractivity contribution in [2.75, 3.05) is 0 Å². The predicted octanol–water partition coefficient (Wildman–Crippen LogP) is 3.58.